The van der Waals surface area contributed by atoms with Gasteiger partial charge in [0.1, 0.15) is 0 Å². The molecule has 1 atom stereocenters. The van der Waals surface area contributed by atoms with Crippen molar-refractivity contribution in [3.05, 3.63) is 29.3 Å². The van der Waals surface area contributed by atoms with E-state index in [0.717, 1.165) is 19.4 Å². The fraction of sp³-hybridized carbons (Fsp3) is 0.500. The van der Waals surface area contributed by atoms with Crippen LogP contribution >= 0.6 is 11.6 Å². The number of rotatable bonds is 6. The molecule has 1 aromatic rings. The molecule has 1 aliphatic heterocycles. The van der Waals surface area contributed by atoms with Crippen LogP contribution in [0.1, 0.15) is 19.3 Å². The molecule has 1 aromatic carbocycles. The topological polar surface area (TPSA) is 75.3 Å². The Morgan fingerprint density at radius 1 is 1.33 bits per heavy atom. The molecule has 0 bridgehead atoms. The molecule has 1 unspecified atom stereocenters. The lowest BCUT2D eigenvalue weighted by Gasteiger charge is -2.10. The second-order valence-electron chi connectivity index (χ2n) is 5.12. The van der Waals surface area contributed by atoms with Gasteiger partial charge in [-0.1, -0.05) is 11.6 Å². The van der Waals surface area contributed by atoms with Gasteiger partial charge < -0.3 is 10.6 Å². The van der Waals surface area contributed by atoms with E-state index in [9.17, 15) is 13.2 Å². The molecule has 0 spiro atoms. The quantitative estimate of drug-likeness (QED) is 0.826. The first-order valence-electron chi connectivity index (χ1n) is 6.96. The number of nitrogens with one attached hydrogen (secondary N) is 2. The Hall–Kier alpha value is -1.11. The predicted molar refractivity (Wildman–Crippen MR) is 82.2 cm³/mol. The standard InChI is InChI=1S/C14H19ClN2O3S/c15-11-3-5-13(6-4-11)21(19,20)9-8-17-14(18)10-12-2-1-7-16-12/h3-6,12,16H,1-2,7-10H2,(H,17,18). The zero-order chi connectivity index (χ0) is 15.3. The number of hydrogen-bond acceptors (Lipinski definition) is 4. The zero-order valence-electron chi connectivity index (χ0n) is 11.6. The molecule has 0 aromatic heterocycles. The first-order chi connectivity index (χ1) is 9.97. The highest BCUT2D eigenvalue weighted by Crippen LogP contribution is 2.15. The maximum Gasteiger partial charge on any atom is 0.221 e. The lowest BCUT2D eigenvalue weighted by molar-refractivity contribution is -0.121. The minimum Gasteiger partial charge on any atom is -0.355 e. The van der Waals surface area contributed by atoms with Crippen molar-refractivity contribution in [3.63, 3.8) is 0 Å². The number of sulfone groups is 1. The van der Waals surface area contributed by atoms with Crippen molar-refractivity contribution in [1.82, 2.24) is 10.6 Å². The van der Waals surface area contributed by atoms with E-state index in [-0.39, 0.29) is 29.1 Å². The maximum atomic E-state index is 12.1. The van der Waals surface area contributed by atoms with Crippen LogP contribution in [0.15, 0.2) is 29.2 Å². The molecule has 2 rings (SSSR count). The van der Waals surface area contributed by atoms with Crippen LogP contribution in [0.5, 0.6) is 0 Å². The smallest absolute Gasteiger partial charge is 0.221 e. The minimum absolute atomic E-state index is 0.110. The van der Waals surface area contributed by atoms with Gasteiger partial charge in [-0.15, -0.1) is 0 Å². The van der Waals surface area contributed by atoms with E-state index in [1.807, 2.05) is 0 Å². The Morgan fingerprint density at radius 3 is 2.67 bits per heavy atom. The van der Waals surface area contributed by atoms with Gasteiger partial charge in [-0.25, -0.2) is 8.42 Å². The van der Waals surface area contributed by atoms with E-state index in [0.29, 0.717) is 11.4 Å². The molecule has 5 nitrogen and oxygen atoms in total. The lowest BCUT2D eigenvalue weighted by atomic mass is 10.1. The van der Waals surface area contributed by atoms with E-state index in [1.54, 1.807) is 12.1 Å². The Morgan fingerprint density at radius 2 is 2.05 bits per heavy atom. The summed E-state index contributed by atoms with van der Waals surface area (Å²) in [5.41, 5.74) is 0. The number of carbonyl (C=O) groups is 1. The molecule has 0 saturated carbocycles. The molecular formula is C14H19ClN2O3S. The fourth-order valence-electron chi connectivity index (χ4n) is 2.31. The Labute approximate surface area is 130 Å². The average Bonchev–Trinajstić information content (AvgIpc) is 2.91. The summed E-state index contributed by atoms with van der Waals surface area (Å²) in [4.78, 5) is 11.9. The van der Waals surface area contributed by atoms with Crippen LogP contribution in [0.2, 0.25) is 5.02 Å². The van der Waals surface area contributed by atoms with Gasteiger partial charge in [-0.05, 0) is 43.7 Å². The molecule has 0 radical (unpaired) electrons. The van der Waals surface area contributed by atoms with Gasteiger partial charge in [0.25, 0.3) is 0 Å². The molecular weight excluding hydrogens is 312 g/mol. The summed E-state index contributed by atoms with van der Waals surface area (Å²) in [6, 6.07) is 6.25. The van der Waals surface area contributed by atoms with E-state index in [1.165, 1.54) is 12.1 Å². The van der Waals surface area contributed by atoms with Crippen molar-refractivity contribution in [2.75, 3.05) is 18.8 Å². The Bertz CT molecular complexity index is 581. The normalized spacial score (nSPS) is 18.6. The SMILES string of the molecule is O=C(CC1CCCN1)NCCS(=O)(=O)c1ccc(Cl)cc1. The Balaban J connectivity index is 1.79. The Kier molecular flexibility index (Phi) is 5.61. The second kappa shape index (κ2) is 7.24. The third kappa shape index (κ3) is 4.98. The third-order valence-electron chi connectivity index (χ3n) is 3.46. The summed E-state index contributed by atoms with van der Waals surface area (Å²) in [6.07, 6.45) is 2.49. The van der Waals surface area contributed by atoms with Gasteiger partial charge in [0, 0.05) is 24.0 Å². The van der Waals surface area contributed by atoms with Crippen molar-refractivity contribution in [1.29, 1.82) is 0 Å². The average molecular weight is 331 g/mol. The molecule has 1 fully saturated rings. The summed E-state index contributed by atoms with van der Waals surface area (Å²) >= 11 is 5.73. The number of benzene rings is 1. The number of hydrogen-bond donors (Lipinski definition) is 2. The number of halogens is 1. The molecule has 116 valence electrons. The molecule has 0 aliphatic carbocycles. The van der Waals surface area contributed by atoms with Crippen LogP contribution in [0, 0.1) is 0 Å². The molecule has 2 N–H and O–H groups in total. The van der Waals surface area contributed by atoms with Crippen LogP contribution in [-0.4, -0.2) is 39.2 Å². The first-order valence-corrected chi connectivity index (χ1v) is 8.99. The summed E-state index contributed by atoms with van der Waals surface area (Å²) in [6.45, 7) is 1.07. The summed E-state index contributed by atoms with van der Waals surface area (Å²) < 4.78 is 24.1. The van der Waals surface area contributed by atoms with Crippen LogP contribution in [0.4, 0.5) is 0 Å². The third-order valence-corrected chi connectivity index (χ3v) is 5.44. The predicted octanol–water partition coefficient (Wildman–Crippen LogP) is 1.37. The first kappa shape index (κ1) is 16.3. The molecule has 1 heterocycles. The van der Waals surface area contributed by atoms with Crippen LogP contribution < -0.4 is 10.6 Å². The second-order valence-corrected chi connectivity index (χ2v) is 7.67. The highest BCUT2D eigenvalue weighted by atomic mass is 35.5. The van der Waals surface area contributed by atoms with E-state index in [4.69, 9.17) is 11.6 Å². The van der Waals surface area contributed by atoms with E-state index < -0.39 is 9.84 Å². The molecule has 21 heavy (non-hydrogen) atoms. The van der Waals surface area contributed by atoms with Gasteiger partial charge in [-0.2, -0.15) is 0 Å². The summed E-state index contributed by atoms with van der Waals surface area (Å²) in [5, 5.41) is 6.39. The highest BCUT2D eigenvalue weighted by Gasteiger charge is 2.18. The minimum atomic E-state index is -3.39. The van der Waals surface area contributed by atoms with Crippen LogP contribution in [-0.2, 0) is 14.6 Å². The molecule has 7 heteroatoms. The van der Waals surface area contributed by atoms with Crippen molar-refractivity contribution in [2.45, 2.75) is 30.2 Å². The van der Waals surface area contributed by atoms with Gasteiger partial charge in [0.05, 0.1) is 10.6 Å². The number of amides is 1. The van der Waals surface area contributed by atoms with Gasteiger partial charge in [0.15, 0.2) is 9.84 Å². The van der Waals surface area contributed by atoms with Crippen molar-refractivity contribution < 1.29 is 13.2 Å². The summed E-state index contributed by atoms with van der Waals surface area (Å²) in [5.74, 6) is -0.223. The molecule has 1 aliphatic rings. The molecule has 1 amide bonds. The lowest BCUT2D eigenvalue weighted by Crippen LogP contribution is -2.34. The van der Waals surface area contributed by atoms with Gasteiger partial charge in [-0.3, -0.25) is 4.79 Å². The van der Waals surface area contributed by atoms with Crippen molar-refractivity contribution in [2.24, 2.45) is 0 Å². The van der Waals surface area contributed by atoms with Crippen molar-refractivity contribution >= 4 is 27.3 Å². The fourth-order valence-corrected chi connectivity index (χ4v) is 3.59. The molecule has 1 saturated heterocycles. The van der Waals surface area contributed by atoms with Gasteiger partial charge >= 0.3 is 0 Å². The largest absolute Gasteiger partial charge is 0.355 e. The van der Waals surface area contributed by atoms with Gasteiger partial charge in [0.2, 0.25) is 5.91 Å². The summed E-state index contributed by atoms with van der Waals surface area (Å²) in [7, 11) is -3.39. The van der Waals surface area contributed by atoms with E-state index >= 15 is 0 Å². The monoisotopic (exact) mass is 330 g/mol. The van der Waals surface area contributed by atoms with Crippen LogP contribution in [0.3, 0.4) is 0 Å². The van der Waals surface area contributed by atoms with E-state index in [2.05, 4.69) is 10.6 Å². The maximum absolute atomic E-state index is 12.1. The highest BCUT2D eigenvalue weighted by molar-refractivity contribution is 7.91. The van der Waals surface area contributed by atoms with Crippen molar-refractivity contribution in [3.8, 4) is 0 Å². The number of carbonyl (C=O) groups excluding carboxylic acids is 1. The van der Waals surface area contributed by atoms with Crippen LogP contribution in [0.25, 0.3) is 0 Å². The zero-order valence-corrected chi connectivity index (χ0v) is 13.2.